The van der Waals surface area contributed by atoms with E-state index in [1.807, 2.05) is 30.3 Å². The van der Waals surface area contributed by atoms with Crippen molar-refractivity contribution >= 4 is 29.2 Å². The molecule has 2 atom stereocenters. The van der Waals surface area contributed by atoms with Crippen LogP contribution in [-0.2, 0) is 16.1 Å². The fourth-order valence-corrected chi connectivity index (χ4v) is 3.73. The number of hydrogen-bond acceptors (Lipinski definition) is 6. The number of hydrogen-bond donors (Lipinski definition) is 3. The molecule has 0 bridgehead atoms. The van der Waals surface area contributed by atoms with Crippen molar-refractivity contribution in [3.63, 3.8) is 0 Å². The molecule has 3 N–H and O–H groups in total. The highest BCUT2D eigenvalue weighted by Gasteiger charge is 2.55. The summed E-state index contributed by atoms with van der Waals surface area (Å²) in [5, 5.41) is 14.9. The van der Waals surface area contributed by atoms with Gasteiger partial charge in [-0.3, -0.25) is 24.1 Å². The number of amides is 3. The number of nitrogens with zero attached hydrogens (tertiary/aromatic N) is 1. The number of Topliss-reactive ketones (excluding diaryl/α,β-unsaturated/α-hetero) is 1. The first-order valence-corrected chi connectivity index (χ1v) is 9.14. The number of carbonyl (C=O) groups is 4. The van der Waals surface area contributed by atoms with Crippen LogP contribution >= 0.6 is 0 Å². The largest absolute Gasteiger partial charge is 0.380 e. The zero-order chi connectivity index (χ0) is 20.8. The van der Waals surface area contributed by atoms with Crippen molar-refractivity contribution in [2.45, 2.75) is 31.7 Å². The number of imide groups is 1. The van der Waals surface area contributed by atoms with E-state index in [2.05, 4.69) is 10.6 Å². The maximum Gasteiger partial charge on any atom is 0.264 e. The lowest BCUT2D eigenvalue weighted by atomic mass is 9.88. The van der Waals surface area contributed by atoms with Gasteiger partial charge in [0, 0.05) is 18.7 Å². The number of aliphatic hydroxyl groups is 1. The predicted octanol–water partition coefficient (Wildman–Crippen LogP) is 1.06. The monoisotopic (exact) mass is 393 g/mol. The van der Waals surface area contributed by atoms with Crippen molar-refractivity contribution in [2.24, 2.45) is 0 Å². The van der Waals surface area contributed by atoms with Gasteiger partial charge in [0.15, 0.2) is 12.0 Å². The molecule has 4 rings (SSSR count). The Labute approximate surface area is 166 Å². The van der Waals surface area contributed by atoms with Gasteiger partial charge in [-0.2, -0.15) is 0 Å². The van der Waals surface area contributed by atoms with Crippen LogP contribution in [0.5, 0.6) is 0 Å². The highest BCUT2D eigenvalue weighted by atomic mass is 16.3. The minimum Gasteiger partial charge on any atom is -0.380 e. The molecule has 8 heteroatoms. The fourth-order valence-electron chi connectivity index (χ4n) is 3.73. The first-order chi connectivity index (χ1) is 13.8. The smallest absolute Gasteiger partial charge is 0.264 e. The lowest BCUT2D eigenvalue weighted by Crippen LogP contribution is -2.66. The van der Waals surface area contributed by atoms with E-state index < -0.39 is 41.7 Å². The zero-order valence-electron chi connectivity index (χ0n) is 15.6. The zero-order valence-corrected chi connectivity index (χ0v) is 15.6. The number of aliphatic hydroxyl groups excluding tert-OH is 1. The molecule has 0 aliphatic carbocycles. The summed E-state index contributed by atoms with van der Waals surface area (Å²) in [5.41, 5.74) is 0.0946. The lowest BCUT2D eigenvalue weighted by Gasteiger charge is -2.39. The van der Waals surface area contributed by atoms with Crippen molar-refractivity contribution in [3.8, 4) is 0 Å². The molecule has 2 unspecified atom stereocenters. The number of carbonyl (C=O) groups excluding carboxylic acids is 4. The maximum atomic E-state index is 13.2. The number of anilines is 1. The van der Waals surface area contributed by atoms with Gasteiger partial charge in [0.1, 0.15) is 5.54 Å². The Kier molecular flexibility index (Phi) is 4.43. The molecule has 2 aromatic rings. The van der Waals surface area contributed by atoms with E-state index in [4.69, 9.17) is 0 Å². The molecule has 8 nitrogen and oxygen atoms in total. The molecule has 2 aliphatic heterocycles. The summed E-state index contributed by atoms with van der Waals surface area (Å²) >= 11 is 0. The van der Waals surface area contributed by atoms with Crippen LogP contribution in [0.25, 0.3) is 0 Å². The van der Waals surface area contributed by atoms with E-state index >= 15 is 0 Å². The molecule has 2 aromatic carbocycles. The van der Waals surface area contributed by atoms with Crippen LogP contribution in [0.1, 0.15) is 39.6 Å². The maximum absolute atomic E-state index is 13.2. The Hall–Kier alpha value is -3.52. The summed E-state index contributed by atoms with van der Waals surface area (Å²) in [7, 11) is 0. The average Bonchev–Trinajstić information content (AvgIpc) is 2.97. The van der Waals surface area contributed by atoms with Crippen LogP contribution < -0.4 is 10.6 Å². The molecule has 1 fully saturated rings. The molecule has 2 heterocycles. The standard InChI is InChI=1S/C21H19N3O5/c1-21(10-15(25)17(26)23-20(21)29)24-18(27)13-8-5-9-14(16(13)19(24)28)22-11-12-6-3-2-4-7-12/h2-9,17,22,26H,10-11H2,1H3,(H,23,29). The Morgan fingerprint density at radius 1 is 1.07 bits per heavy atom. The summed E-state index contributed by atoms with van der Waals surface area (Å²) in [5.74, 6) is -2.71. The van der Waals surface area contributed by atoms with E-state index in [0.29, 0.717) is 12.2 Å². The van der Waals surface area contributed by atoms with E-state index in [9.17, 15) is 24.3 Å². The quantitative estimate of drug-likeness (QED) is 0.669. The van der Waals surface area contributed by atoms with Gasteiger partial charge in [0.25, 0.3) is 11.8 Å². The molecular formula is C21H19N3O5. The van der Waals surface area contributed by atoms with Gasteiger partial charge in [-0.1, -0.05) is 36.4 Å². The molecule has 1 saturated heterocycles. The van der Waals surface area contributed by atoms with Crippen molar-refractivity contribution in [1.29, 1.82) is 0 Å². The number of ketones is 1. The van der Waals surface area contributed by atoms with Crippen molar-refractivity contribution in [2.75, 3.05) is 5.32 Å². The van der Waals surface area contributed by atoms with Crippen molar-refractivity contribution < 1.29 is 24.3 Å². The topological polar surface area (TPSA) is 116 Å². The third-order valence-corrected chi connectivity index (χ3v) is 5.31. The third-order valence-electron chi connectivity index (χ3n) is 5.31. The second kappa shape index (κ2) is 6.82. The van der Waals surface area contributed by atoms with Gasteiger partial charge < -0.3 is 15.7 Å². The fraction of sp³-hybridized carbons (Fsp3) is 0.238. The Morgan fingerprint density at radius 3 is 2.52 bits per heavy atom. The number of fused-ring (bicyclic) bond motifs is 1. The molecule has 3 amide bonds. The molecule has 0 saturated carbocycles. The second-order valence-electron chi connectivity index (χ2n) is 7.31. The summed E-state index contributed by atoms with van der Waals surface area (Å²) in [6, 6.07) is 14.4. The van der Waals surface area contributed by atoms with Crippen molar-refractivity contribution in [3.05, 3.63) is 65.2 Å². The minimum absolute atomic E-state index is 0.167. The second-order valence-corrected chi connectivity index (χ2v) is 7.31. The van der Waals surface area contributed by atoms with Gasteiger partial charge in [-0.25, -0.2) is 0 Å². The molecular weight excluding hydrogens is 374 g/mol. The summed E-state index contributed by atoms with van der Waals surface area (Å²) < 4.78 is 0. The average molecular weight is 393 g/mol. The molecule has 0 aromatic heterocycles. The third kappa shape index (κ3) is 2.98. The molecule has 0 spiro atoms. The SMILES string of the molecule is CC1(N2C(=O)c3cccc(NCc4ccccc4)c3C2=O)CC(=O)C(O)NC1=O. The number of nitrogens with one attached hydrogen (secondary N) is 2. The van der Waals surface area contributed by atoms with E-state index in [1.165, 1.54) is 13.0 Å². The van der Waals surface area contributed by atoms with Gasteiger partial charge >= 0.3 is 0 Å². The predicted molar refractivity (Wildman–Crippen MR) is 103 cm³/mol. The van der Waals surface area contributed by atoms with Crippen LogP contribution in [0.15, 0.2) is 48.5 Å². The van der Waals surface area contributed by atoms with Crippen LogP contribution in [0.4, 0.5) is 5.69 Å². The lowest BCUT2D eigenvalue weighted by molar-refractivity contribution is -0.149. The number of benzene rings is 2. The highest BCUT2D eigenvalue weighted by Crippen LogP contribution is 2.36. The van der Waals surface area contributed by atoms with Crippen LogP contribution in [-0.4, -0.2) is 45.3 Å². The van der Waals surface area contributed by atoms with Crippen LogP contribution in [0.2, 0.25) is 0 Å². The number of piperidine rings is 1. The molecule has 29 heavy (non-hydrogen) atoms. The van der Waals surface area contributed by atoms with Gasteiger partial charge in [0.2, 0.25) is 5.91 Å². The first-order valence-electron chi connectivity index (χ1n) is 9.14. The van der Waals surface area contributed by atoms with Crippen LogP contribution in [0.3, 0.4) is 0 Å². The summed E-state index contributed by atoms with van der Waals surface area (Å²) in [6.45, 7) is 1.80. The normalized spacial score (nSPS) is 23.8. The van der Waals surface area contributed by atoms with Crippen LogP contribution in [0, 0.1) is 0 Å². The van der Waals surface area contributed by atoms with Gasteiger partial charge in [0.05, 0.1) is 11.1 Å². The molecule has 0 radical (unpaired) electrons. The Bertz CT molecular complexity index is 1040. The van der Waals surface area contributed by atoms with Gasteiger partial charge in [-0.15, -0.1) is 0 Å². The Morgan fingerprint density at radius 2 is 1.79 bits per heavy atom. The molecule has 2 aliphatic rings. The summed E-state index contributed by atoms with van der Waals surface area (Å²) in [4.78, 5) is 51.5. The summed E-state index contributed by atoms with van der Waals surface area (Å²) in [6.07, 6.45) is -2.08. The van der Waals surface area contributed by atoms with Crippen molar-refractivity contribution in [1.82, 2.24) is 10.2 Å². The minimum atomic E-state index is -1.71. The highest BCUT2D eigenvalue weighted by molar-refractivity contribution is 6.26. The van der Waals surface area contributed by atoms with E-state index in [1.54, 1.807) is 12.1 Å². The molecule has 148 valence electrons. The first kappa shape index (κ1) is 18.8. The van der Waals surface area contributed by atoms with E-state index in [-0.39, 0.29) is 11.1 Å². The Balaban J connectivity index is 1.67. The van der Waals surface area contributed by atoms with E-state index in [0.717, 1.165) is 10.5 Å². The van der Waals surface area contributed by atoms with Gasteiger partial charge in [-0.05, 0) is 24.6 Å². The number of rotatable bonds is 4.